The van der Waals surface area contributed by atoms with Gasteiger partial charge in [0.05, 0.1) is 0 Å². The Hall–Kier alpha value is -1.13. The van der Waals surface area contributed by atoms with Gasteiger partial charge in [-0.15, -0.1) is 8.58 Å². The van der Waals surface area contributed by atoms with Crippen LogP contribution in [0.2, 0.25) is 0 Å². The smallest absolute Gasteiger partial charge is 0.0151 e. The minimum atomic E-state index is 0.111. The molecule has 1 heteroatoms. The van der Waals surface area contributed by atoms with Crippen LogP contribution in [0.15, 0.2) is 60.7 Å². The van der Waals surface area contributed by atoms with E-state index in [1.54, 1.807) is 0 Å². The third-order valence-electron chi connectivity index (χ3n) is 7.60. The average Bonchev–Trinajstić information content (AvgIpc) is 2.65. The molecule has 0 fully saturated rings. The van der Waals surface area contributed by atoms with E-state index in [4.69, 9.17) is 0 Å². The topological polar surface area (TPSA) is 0 Å². The standard InChI is InChI=1S/C27H41P/c1-24(2,3)20-23(21-16-12-10-13-17-21)25(4,5)26(6,7)27(8,28-9)22-18-14-11-15-19-22/h10-19,23,28H,20H2,1-9H3. The molecule has 0 aliphatic carbocycles. The van der Waals surface area contributed by atoms with Crippen molar-refractivity contribution < 1.29 is 0 Å². The first-order chi connectivity index (χ1) is 12.9. The lowest BCUT2D eigenvalue weighted by molar-refractivity contribution is 0.0225. The van der Waals surface area contributed by atoms with E-state index < -0.39 is 0 Å². The first kappa shape index (κ1) is 23.2. The van der Waals surface area contributed by atoms with Crippen LogP contribution in [-0.4, -0.2) is 6.66 Å². The fraction of sp³-hybridized carbons (Fsp3) is 0.556. The Bertz CT molecular complexity index is 737. The number of hydrogen-bond acceptors (Lipinski definition) is 0. The Morgan fingerprint density at radius 3 is 1.61 bits per heavy atom. The molecule has 0 aromatic heterocycles. The van der Waals surface area contributed by atoms with Gasteiger partial charge in [0.15, 0.2) is 0 Å². The van der Waals surface area contributed by atoms with Crippen molar-refractivity contribution in [1.82, 2.24) is 0 Å². The molecule has 0 nitrogen and oxygen atoms in total. The van der Waals surface area contributed by atoms with Gasteiger partial charge < -0.3 is 0 Å². The summed E-state index contributed by atoms with van der Waals surface area (Å²) in [6, 6.07) is 22.4. The third kappa shape index (κ3) is 4.38. The molecule has 2 aromatic rings. The van der Waals surface area contributed by atoms with Crippen molar-refractivity contribution in [2.45, 2.75) is 72.9 Å². The van der Waals surface area contributed by atoms with Crippen molar-refractivity contribution in [2.24, 2.45) is 16.2 Å². The van der Waals surface area contributed by atoms with Gasteiger partial charge in [-0.2, -0.15) is 0 Å². The fourth-order valence-electron chi connectivity index (χ4n) is 4.76. The van der Waals surface area contributed by atoms with E-state index >= 15 is 0 Å². The van der Waals surface area contributed by atoms with Crippen LogP contribution >= 0.6 is 8.58 Å². The van der Waals surface area contributed by atoms with Gasteiger partial charge in [-0.3, -0.25) is 0 Å². The van der Waals surface area contributed by atoms with Gasteiger partial charge in [-0.05, 0) is 46.4 Å². The average molecular weight is 397 g/mol. The molecule has 0 aliphatic heterocycles. The van der Waals surface area contributed by atoms with Crippen molar-refractivity contribution in [3.63, 3.8) is 0 Å². The number of rotatable bonds is 7. The summed E-state index contributed by atoms with van der Waals surface area (Å²) in [6.07, 6.45) is 1.19. The lowest BCUT2D eigenvalue weighted by atomic mass is 9.52. The van der Waals surface area contributed by atoms with Gasteiger partial charge in [0.1, 0.15) is 0 Å². The summed E-state index contributed by atoms with van der Waals surface area (Å²) in [5.41, 5.74) is 3.46. The zero-order valence-electron chi connectivity index (χ0n) is 19.6. The van der Waals surface area contributed by atoms with Crippen LogP contribution in [0.5, 0.6) is 0 Å². The van der Waals surface area contributed by atoms with Crippen molar-refractivity contribution in [3.8, 4) is 0 Å². The predicted octanol–water partition coefficient (Wildman–Crippen LogP) is 8.48. The Balaban J connectivity index is 2.61. The predicted molar refractivity (Wildman–Crippen MR) is 129 cm³/mol. The van der Waals surface area contributed by atoms with Crippen molar-refractivity contribution in [2.75, 3.05) is 6.66 Å². The molecule has 3 unspecified atom stereocenters. The molecule has 0 aliphatic rings. The van der Waals surface area contributed by atoms with E-state index in [9.17, 15) is 0 Å². The highest BCUT2D eigenvalue weighted by Gasteiger charge is 2.54. The third-order valence-corrected chi connectivity index (χ3v) is 9.52. The molecule has 2 rings (SSSR count). The van der Waals surface area contributed by atoms with Gasteiger partial charge in [-0.1, -0.05) is 116 Å². The highest BCUT2D eigenvalue weighted by Crippen LogP contribution is 2.64. The van der Waals surface area contributed by atoms with Crippen LogP contribution in [0.25, 0.3) is 0 Å². The summed E-state index contributed by atoms with van der Waals surface area (Å²) in [5, 5.41) is 0.128. The van der Waals surface area contributed by atoms with Crippen molar-refractivity contribution in [1.29, 1.82) is 0 Å². The van der Waals surface area contributed by atoms with Crippen LogP contribution < -0.4 is 0 Å². The minimum absolute atomic E-state index is 0.111. The Morgan fingerprint density at radius 1 is 0.714 bits per heavy atom. The maximum Gasteiger partial charge on any atom is 0.0151 e. The van der Waals surface area contributed by atoms with Crippen LogP contribution in [0.4, 0.5) is 0 Å². The largest absolute Gasteiger partial charge is 0.114 e. The maximum atomic E-state index is 2.51. The molecule has 2 aromatic carbocycles. The van der Waals surface area contributed by atoms with E-state index in [0.29, 0.717) is 5.92 Å². The molecule has 0 saturated carbocycles. The lowest BCUT2D eigenvalue weighted by Gasteiger charge is -2.57. The second-order valence-electron chi connectivity index (χ2n) is 10.8. The van der Waals surface area contributed by atoms with Gasteiger partial charge in [-0.25, -0.2) is 0 Å². The molecule has 0 radical (unpaired) electrons. The van der Waals surface area contributed by atoms with Crippen LogP contribution in [0, 0.1) is 16.2 Å². The molecule has 0 saturated heterocycles. The van der Waals surface area contributed by atoms with Crippen molar-refractivity contribution in [3.05, 3.63) is 71.8 Å². The first-order valence-corrected chi connectivity index (χ1v) is 12.2. The minimum Gasteiger partial charge on any atom is -0.114 e. The van der Waals surface area contributed by atoms with Gasteiger partial charge >= 0.3 is 0 Å². The van der Waals surface area contributed by atoms with E-state index in [1.807, 2.05) is 0 Å². The van der Waals surface area contributed by atoms with Crippen LogP contribution in [-0.2, 0) is 5.16 Å². The fourth-order valence-corrected chi connectivity index (χ4v) is 6.16. The Labute approximate surface area is 176 Å². The maximum absolute atomic E-state index is 2.51. The second-order valence-corrected chi connectivity index (χ2v) is 12.3. The highest BCUT2D eigenvalue weighted by molar-refractivity contribution is 7.38. The van der Waals surface area contributed by atoms with E-state index in [-0.39, 0.29) is 21.4 Å². The van der Waals surface area contributed by atoms with Crippen LogP contribution in [0.1, 0.15) is 78.9 Å². The monoisotopic (exact) mass is 396 g/mol. The lowest BCUT2D eigenvalue weighted by Crippen LogP contribution is -2.49. The summed E-state index contributed by atoms with van der Waals surface area (Å²) in [4.78, 5) is 0. The molecule has 0 heterocycles. The quantitative estimate of drug-likeness (QED) is 0.412. The van der Waals surface area contributed by atoms with Crippen LogP contribution in [0.3, 0.4) is 0 Å². The molecule has 3 atom stereocenters. The zero-order valence-corrected chi connectivity index (χ0v) is 20.6. The van der Waals surface area contributed by atoms with Gasteiger partial charge in [0.2, 0.25) is 0 Å². The second kappa shape index (κ2) is 8.31. The first-order valence-electron chi connectivity index (χ1n) is 10.7. The summed E-state index contributed by atoms with van der Waals surface area (Å²) in [7, 11) is 0.843. The summed E-state index contributed by atoms with van der Waals surface area (Å²) in [6.45, 7) is 22.0. The van der Waals surface area contributed by atoms with Gasteiger partial charge in [0, 0.05) is 5.16 Å². The summed E-state index contributed by atoms with van der Waals surface area (Å²) >= 11 is 0. The molecule has 154 valence electrons. The van der Waals surface area contributed by atoms with E-state index in [0.717, 1.165) is 8.58 Å². The molecule has 28 heavy (non-hydrogen) atoms. The highest BCUT2D eigenvalue weighted by atomic mass is 31.1. The molecule has 0 bridgehead atoms. The molecule has 0 amide bonds. The molecular formula is C27H41P. The van der Waals surface area contributed by atoms with Gasteiger partial charge in [0.25, 0.3) is 0 Å². The molecular weight excluding hydrogens is 355 g/mol. The summed E-state index contributed by atoms with van der Waals surface area (Å²) < 4.78 is 0. The molecule has 0 N–H and O–H groups in total. The molecule has 0 spiro atoms. The zero-order chi connectivity index (χ0) is 21.2. The Morgan fingerprint density at radius 2 is 1.18 bits per heavy atom. The van der Waals surface area contributed by atoms with E-state index in [2.05, 4.69) is 123 Å². The number of benzene rings is 2. The summed E-state index contributed by atoms with van der Waals surface area (Å²) in [5.74, 6) is 0.503. The Kier molecular flexibility index (Phi) is 6.87. The van der Waals surface area contributed by atoms with E-state index in [1.165, 1.54) is 17.5 Å². The number of hydrogen-bond donors (Lipinski definition) is 0. The normalized spacial score (nSPS) is 16.9. The van der Waals surface area contributed by atoms with Crippen molar-refractivity contribution >= 4 is 8.58 Å². The SMILES string of the molecule is CPC(C)(c1ccccc1)C(C)(C)C(C)(C)C(CC(C)(C)C)c1ccccc1.